The Morgan fingerprint density at radius 3 is 2.50 bits per heavy atom. The van der Waals surface area contributed by atoms with Gasteiger partial charge < -0.3 is 15.2 Å². The second-order valence-electron chi connectivity index (χ2n) is 4.55. The highest BCUT2D eigenvalue weighted by Gasteiger charge is 2.05. The van der Waals surface area contributed by atoms with Gasteiger partial charge in [-0.05, 0) is 31.2 Å². The first-order valence-corrected chi connectivity index (χ1v) is 6.83. The largest absolute Gasteiger partial charge is 0.494 e. The fraction of sp³-hybridized carbons (Fsp3) is 0.600. The van der Waals surface area contributed by atoms with E-state index in [-0.39, 0.29) is 0 Å². The van der Waals surface area contributed by atoms with Crippen molar-refractivity contribution in [1.82, 2.24) is 5.32 Å². The van der Waals surface area contributed by atoms with E-state index in [0.717, 1.165) is 24.3 Å². The van der Waals surface area contributed by atoms with Gasteiger partial charge in [-0.15, -0.1) is 0 Å². The Kier molecular flexibility index (Phi) is 7.46. The highest BCUT2D eigenvalue weighted by atomic mass is 16.5. The van der Waals surface area contributed by atoms with E-state index in [2.05, 4.69) is 12.2 Å². The zero-order valence-electron chi connectivity index (χ0n) is 11.5. The number of ether oxygens (including phenoxy) is 1. The van der Waals surface area contributed by atoms with Crippen LogP contribution in [0.4, 0.5) is 0 Å². The Labute approximate surface area is 110 Å². The lowest BCUT2D eigenvalue weighted by atomic mass is 10.1. The molecule has 0 bridgehead atoms. The van der Waals surface area contributed by atoms with Gasteiger partial charge in [0.1, 0.15) is 5.75 Å². The van der Waals surface area contributed by atoms with Crippen molar-refractivity contribution in [1.29, 1.82) is 0 Å². The van der Waals surface area contributed by atoms with E-state index in [1.54, 1.807) is 0 Å². The molecule has 1 aromatic carbocycles. The Bertz CT molecular complexity index is 311. The van der Waals surface area contributed by atoms with Gasteiger partial charge >= 0.3 is 0 Å². The van der Waals surface area contributed by atoms with Gasteiger partial charge in [0.2, 0.25) is 0 Å². The maximum atomic E-state index is 9.78. The van der Waals surface area contributed by atoms with Crippen molar-refractivity contribution >= 4 is 0 Å². The van der Waals surface area contributed by atoms with Crippen LogP contribution in [0.5, 0.6) is 5.75 Å². The molecule has 0 aliphatic carbocycles. The van der Waals surface area contributed by atoms with Crippen molar-refractivity contribution in [3.05, 3.63) is 29.8 Å². The maximum Gasteiger partial charge on any atom is 0.119 e. The Balaban J connectivity index is 2.31. The third-order valence-corrected chi connectivity index (χ3v) is 2.93. The summed E-state index contributed by atoms with van der Waals surface area (Å²) in [6.45, 7) is 3.55. The number of aliphatic hydroxyl groups is 1. The molecule has 0 spiro atoms. The molecule has 3 heteroatoms. The summed E-state index contributed by atoms with van der Waals surface area (Å²) in [4.78, 5) is 0. The molecule has 1 unspecified atom stereocenters. The number of unbranched alkanes of at least 4 members (excludes halogenated alkanes) is 3. The van der Waals surface area contributed by atoms with Crippen molar-refractivity contribution in [2.75, 3.05) is 20.2 Å². The number of rotatable bonds is 9. The minimum atomic E-state index is -0.450. The van der Waals surface area contributed by atoms with Crippen LogP contribution in [0.25, 0.3) is 0 Å². The fourth-order valence-electron chi connectivity index (χ4n) is 1.82. The number of benzene rings is 1. The molecule has 2 N–H and O–H groups in total. The number of hydrogen-bond acceptors (Lipinski definition) is 3. The second-order valence-corrected chi connectivity index (χ2v) is 4.55. The van der Waals surface area contributed by atoms with Crippen LogP contribution in [0.3, 0.4) is 0 Å². The molecule has 0 saturated heterocycles. The van der Waals surface area contributed by atoms with Crippen LogP contribution < -0.4 is 10.1 Å². The summed E-state index contributed by atoms with van der Waals surface area (Å²) in [5, 5.41) is 12.7. The van der Waals surface area contributed by atoms with Gasteiger partial charge in [0.15, 0.2) is 0 Å². The van der Waals surface area contributed by atoms with Crippen molar-refractivity contribution in [3.63, 3.8) is 0 Å². The lowest BCUT2D eigenvalue weighted by molar-refractivity contribution is 0.177. The summed E-state index contributed by atoms with van der Waals surface area (Å²) in [6, 6.07) is 7.69. The van der Waals surface area contributed by atoms with E-state index in [4.69, 9.17) is 4.74 Å². The summed E-state index contributed by atoms with van der Waals surface area (Å²) < 4.78 is 5.65. The highest BCUT2D eigenvalue weighted by molar-refractivity contribution is 5.28. The van der Waals surface area contributed by atoms with Crippen molar-refractivity contribution < 1.29 is 9.84 Å². The van der Waals surface area contributed by atoms with E-state index in [1.807, 2.05) is 31.3 Å². The van der Waals surface area contributed by atoms with E-state index in [0.29, 0.717) is 6.54 Å². The minimum absolute atomic E-state index is 0.450. The lowest BCUT2D eigenvalue weighted by Crippen LogP contribution is -2.16. The van der Waals surface area contributed by atoms with Gasteiger partial charge in [-0.25, -0.2) is 0 Å². The Hall–Kier alpha value is -1.06. The topological polar surface area (TPSA) is 41.5 Å². The number of aliphatic hydroxyl groups excluding tert-OH is 1. The molecular formula is C15H25NO2. The average Bonchev–Trinajstić information content (AvgIpc) is 2.39. The predicted octanol–water partition coefficient (Wildman–Crippen LogP) is 2.90. The zero-order chi connectivity index (χ0) is 13.2. The first kappa shape index (κ1) is 15.0. The summed E-state index contributed by atoms with van der Waals surface area (Å²) in [7, 11) is 1.83. The standard InChI is InChI=1S/C15H25NO2/c1-3-4-5-6-11-18-14-9-7-13(8-10-14)15(17)12-16-2/h7-10,15-17H,3-6,11-12H2,1-2H3. The first-order chi connectivity index (χ1) is 8.77. The summed E-state index contributed by atoms with van der Waals surface area (Å²) in [6.07, 6.45) is 4.41. The van der Waals surface area contributed by atoms with Crippen molar-refractivity contribution in [2.45, 2.75) is 38.7 Å². The molecule has 0 amide bonds. The molecule has 0 aromatic heterocycles. The van der Waals surface area contributed by atoms with Gasteiger partial charge in [0.05, 0.1) is 12.7 Å². The molecule has 0 saturated carbocycles. The summed E-state index contributed by atoms with van der Waals surface area (Å²) in [5.74, 6) is 0.881. The quantitative estimate of drug-likeness (QED) is 0.663. The van der Waals surface area contributed by atoms with Crippen LogP contribution in [0, 0.1) is 0 Å². The zero-order valence-corrected chi connectivity index (χ0v) is 11.5. The minimum Gasteiger partial charge on any atom is -0.494 e. The number of likely N-dealkylation sites (N-methyl/N-ethyl adjacent to an activating group) is 1. The molecule has 0 heterocycles. The third kappa shape index (κ3) is 5.52. The van der Waals surface area contributed by atoms with E-state index < -0.39 is 6.10 Å². The van der Waals surface area contributed by atoms with Gasteiger partial charge in [0, 0.05) is 6.54 Å². The van der Waals surface area contributed by atoms with Crippen LogP contribution in [0.15, 0.2) is 24.3 Å². The van der Waals surface area contributed by atoms with Gasteiger partial charge in [-0.1, -0.05) is 38.3 Å². The smallest absolute Gasteiger partial charge is 0.119 e. The lowest BCUT2D eigenvalue weighted by Gasteiger charge is -2.11. The number of nitrogens with one attached hydrogen (secondary N) is 1. The van der Waals surface area contributed by atoms with Crippen molar-refractivity contribution in [3.8, 4) is 5.75 Å². The molecule has 1 aromatic rings. The van der Waals surface area contributed by atoms with Crippen LogP contribution in [0.2, 0.25) is 0 Å². The molecule has 1 rings (SSSR count). The SMILES string of the molecule is CCCCCCOc1ccc(C(O)CNC)cc1. The molecule has 1 atom stereocenters. The van der Waals surface area contributed by atoms with Crippen molar-refractivity contribution in [2.24, 2.45) is 0 Å². The van der Waals surface area contributed by atoms with Crippen LogP contribution >= 0.6 is 0 Å². The normalized spacial score (nSPS) is 12.4. The van der Waals surface area contributed by atoms with E-state index in [9.17, 15) is 5.11 Å². The molecular weight excluding hydrogens is 226 g/mol. The molecule has 0 radical (unpaired) electrons. The number of hydrogen-bond donors (Lipinski definition) is 2. The van der Waals surface area contributed by atoms with E-state index in [1.165, 1.54) is 19.3 Å². The summed E-state index contributed by atoms with van der Waals surface area (Å²) in [5.41, 5.74) is 0.919. The third-order valence-electron chi connectivity index (χ3n) is 2.93. The average molecular weight is 251 g/mol. The molecule has 18 heavy (non-hydrogen) atoms. The second kappa shape index (κ2) is 8.95. The Morgan fingerprint density at radius 2 is 1.89 bits per heavy atom. The molecule has 0 aliphatic rings. The maximum absolute atomic E-state index is 9.78. The van der Waals surface area contributed by atoms with Gasteiger partial charge in [-0.3, -0.25) is 0 Å². The highest BCUT2D eigenvalue weighted by Crippen LogP contribution is 2.17. The first-order valence-electron chi connectivity index (χ1n) is 6.83. The monoisotopic (exact) mass is 251 g/mol. The molecule has 3 nitrogen and oxygen atoms in total. The van der Waals surface area contributed by atoms with Gasteiger partial charge in [-0.2, -0.15) is 0 Å². The predicted molar refractivity (Wildman–Crippen MR) is 75.0 cm³/mol. The van der Waals surface area contributed by atoms with Gasteiger partial charge in [0.25, 0.3) is 0 Å². The molecule has 0 aliphatic heterocycles. The van der Waals surface area contributed by atoms with E-state index >= 15 is 0 Å². The molecule has 0 fully saturated rings. The van der Waals surface area contributed by atoms with Crippen LogP contribution in [-0.2, 0) is 0 Å². The molecule has 102 valence electrons. The van der Waals surface area contributed by atoms with Crippen LogP contribution in [0.1, 0.15) is 44.3 Å². The Morgan fingerprint density at radius 1 is 1.17 bits per heavy atom. The summed E-state index contributed by atoms with van der Waals surface area (Å²) >= 11 is 0. The fourth-order valence-corrected chi connectivity index (χ4v) is 1.82. The van der Waals surface area contributed by atoms with Crippen LogP contribution in [-0.4, -0.2) is 25.3 Å².